The molecule has 0 saturated heterocycles. The first-order valence-corrected chi connectivity index (χ1v) is 8.32. The van der Waals surface area contributed by atoms with Crippen LogP contribution in [0.3, 0.4) is 0 Å². The van der Waals surface area contributed by atoms with Gasteiger partial charge in [-0.25, -0.2) is 9.97 Å². The van der Waals surface area contributed by atoms with Gasteiger partial charge in [-0.1, -0.05) is 6.92 Å². The molecule has 10 heteroatoms. The number of carbonyl (C=O) groups excluding carboxylic acids is 1. The zero-order valence-electron chi connectivity index (χ0n) is 14.6. The number of fused-ring (bicyclic) bond motifs is 1. The van der Waals surface area contributed by atoms with Crippen LogP contribution in [0.2, 0.25) is 0 Å². The maximum atomic E-state index is 11.7. The summed E-state index contributed by atoms with van der Waals surface area (Å²) in [4.78, 5) is 28.6. The molecule has 1 aromatic carbocycles. The van der Waals surface area contributed by atoms with Crippen molar-refractivity contribution in [1.82, 2.24) is 19.9 Å². The summed E-state index contributed by atoms with van der Waals surface area (Å²) in [6.45, 7) is 1.87. The molecule has 27 heavy (non-hydrogen) atoms. The summed E-state index contributed by atoms with van der Waals surface area (Å²) in [5, 5.41) is 15.6. The van der Waals surface area contributed by atoms with E-state index in [-0.39, 0.29) is 11.5 Å². The van der Waals surface area contributed by atoms with Crippen LogP contribution in [0, 0.1) is 0 Å². The Bertz CT molecular complexity index is 963. The fraction of sp³-hybridized carbons (Fsp3) is 0.235. The number of nitrogens with two attached hydrogens (primary N) is 2. The van der Waals surface area contributed by atoms with Gasteiger partial charge < -0.3 is 27.2 Å². The predicted octanol–water partition coefficient (Wildman–Crippen LogP) is 0.730. The average molecular weight is 368 g/mol. The first-order valence-electron chi connectivity index (χ1n) is 8.32. The van der Waals surface area contributed by atoms with Crippen LogP contribution in [0.5, 0.6) is 0 Å². The molecule has 0 aliphatic carbocycles. The van der Waals surface area contributed by atoms with E-state index in [4.69, 9.17) is 11.5 Å². The van der Waals surface area contributed by atoms with Crippen LogP contribution in [-0.4, -0.2) is 43.2 Å². The summed E-state index contributed by atoms with van der Waals surface area (Å²) in [5.74, 6) is -0.195. The Hall–Kier alpha value is -3.37. The standard InChI is InChI=1S/C17H20N8O2/c1-2-10(15(18)26)24-13-8-22-14(16(19)27)17(25-13)23-9-3-4-11-12(7-9)21-6-5-20-11/h3-8,10,15,26H,2,18H2,1H3,(H2,19,27)(H2,23,24,25)/t10-,15?/m1/s1. The summed E-state index contributed by atoms with van der Waals surface area (Å²) in [7, 11) is 0. The quantitative estimate of drug-likeness (QED) is 0.378. The van der Waals surface area contributed by atoms with E-state index in [1.165, 1.54) is 6.20 Å². The molecule has 3 aromatic rings. The molecule has 0 bridgehead atoms. The number of aliphatic hydroxyl groups excluding tert-OH is 1. The van der Waals surface area contributed by atoms with E-state index in [0.717, 1.165) is 5.52 Å². The lowest BCUT2D eigenvalue weighted by molar-refractivity contribution is 0.0996. The molecule has 0 fully saturated rings. The van der Waals surface area contributed by atoms with Gasteiger partial charge in [0.05, 0.1) is 23.3 Å². The summed E-state index contributed by atoms with van der Waals surface area (Å²) >= 11 is 0. The van der Waals surface area contributed by atoms with Crippen LogP contribution in [0.15, 0.2) is 36.8 Å². The highest BCUT2D eigenvalue weighted by atomic mass is 16.3. The lowest BCUT2D eigenvalue weighted by Gasteiger charge is -2.20. The molecule has 2 aromatic heterocycles. The molecule has 140 valence electrons. The van der Waals surface area contributed by atoms with Crippen molar-refractivity contribution in [2.45, 2.75) is 25.6 Å². The summed E-state index contributed by atoms with van der Waals surface area (Å²) in [6, 6.07) is 4.93. The number of benzene rings is 1. The summed E-state index contributed by atoms with van der Waals surface area (Å²) in [6.07, 6.45) is 4.07. The largest absolute Gasteiger partial charge is 0.377 e. The van der Waals surface area contributed by atoms with Crippen molar-refractivity contribution < 1.29 is 9.90 Å². The minimum Gasteiger partial charge on any atom is -0.377 e. The van der Waals surface area contributed by atoms with E-state index >= 15 is 0 Å². The highest BCUT2D eigenvalue weighted by Gasteiger charge is 2.17. The molecule has 0 saturated carbocycles. The number of anilines is 3. The minimum atomic E-state index is -1.07. The lowest BCUT2D eigenvalue weighted by atomic mass is 10.2. The van der Waals surface area contributed by atoms with Gasteiger partial charge in [0, 0.05) is 18.1 Å². The predicted molar refractivity (Wildman–Crippen MR) is 101 cm³/mol. The number of hydrogen-bond donors (Lipinski definition) is 5. The number of rotatable bonds is 7. The number of aromatic nitrogens is 4. The number of aliphatic hydroxyl groups is 1. The van der Waals surface area contributed by atoms with Crippen molar-refractivity contribution in [3.63, 3.8) is 0 Å². The molecular formula is C17H20N8O2. The Kier molecular flexibility index (Phi) is 5.38. The number of nitrogens with one attached hydrogen (secondary N) is 2. The topological polar surface area (TPSA) is 165 Å². The van der Waals surface area contributed by atoms with Crippen molar-refractivity contribution >= 4 is 34.3 Å². The van der Waals surface area contributed by atoms with Gasteiger partial charge in [0.2, 0.25) is 0 Å². The Labute approximate surface area is 155 Å². The second kappa shape index (κ2) is 7.89. The molecule has 0 aliphatic heterocycles. The second-order valence-corrected chi connectivity index (χ2v) is 5.85. The van der Waals surface area contributed by atoms with Gasteiger partial charge in [0.1, 0.15) is 12.0 Å². The zero-order chi connectivity index (χ0) is 19.4. The molecule has 0 aliphatic rings. The lowest BCUT2D eigenvalue weighted by Crippen LogP contribution is -2.39. The molecule has 1 unspecified atom stereocenters. The second-order valence-electron chi connectivity index (χ2n) is 5.85. The van der Waals surface area contributed by atoms with Gasteiger partial charge >= 0.3 is 0 Å². The van der Waals surface area contributed by atoms with Crippen molar-refractivity contribution in [3.8, 4) is 0 Å². The SMILES string of the molecule is CC[C@@H](Nc1cnc(C(N)=O)c(Nc2ccc3nccnc3c2)n1)C(N)O. The smallest absolute Gasteiger partial charge is 0.271 e. The molecule has 7 N–H and O–H groups in total. The molecule has 0 spiro atoms. The maximum absolute atomic E-state index is 11.7. The Balaban J connectivity index is 1.93. The van der Waals surface area contributed by atoms with E-state index in [0.29, 0.717) is 23.4 Å². The van der Waals surface area contributed by atoms with Crippen molar-refractivity contribution in [2.75, 3.05) is 10.6 Å². The maximum Gasteiger partial charge on any atom is 0.271 e. The fourth-order valence-corrected chi connectivity index (χ4v) is 2.52. The van der Waals surface area contributed by atoms with E-state index in [2.05, 4.69) is 30.6 Å². The van der Waals surface area contributed by atoms with Gasteiger partial charge in [-0.15, -0.1) is 0 Å². The van der Waals surface area contributed by atoms with Gasteiger partial charge in [-0.05, 0) is 24.6 Å². The van der Waals surface area contributed by atoms with Crippen molar-refractivity contribution in [2.24, 2.45) is 11.5 Å². The molecule has 1 amide bonds. The van der Waals surface area contributed by atoms with Crippen LogP contribution in [0.1, 0.15) is 23.8 Å². The number of amides is 1. The Morgan fingerprint density at radius 3 is 2.63 bits per heavy atom. The minimum absolute atomic E-state index is 0.0128. The van der Waals surface area contributed by atoms with E-state index in [1.54, 1.807) is 30.6 Å². The van der Waals surface area contributed by atoms with Crippen molar-refractivity contribution in [1.29, 1.82) is 0 Å². The summed E-state index contributed by atoms with van der Waals surface area (Å²) in [5.41, 5.74) is 13.0. The molecule has 0 radical (unpaired) electrons. The van der Waals surface area contributed by atoms with Crippen LogP contribution >= 0.6 is 0 Å². The first-order chi connectivity index (χ1) is 13.0. The number of carbonyl (C=O) groups is 1. The Morgan fingerprint density at radius 2 is 1.96 bits per heavy atom. The number of nitrogens with zero attached hydrogens (tertiary/aromatic N) is 4. The highest BCUT2D eigenvalue weighted by molar-refractivity contribution is 5.96. The van der Waals surface area contributed by atoms with Gasteiger partial charge in [-0.2, -0.15) is 0 Å². The zero-order valence-corrected chi connectivity index (χ0v) is 14.6. The van der Waals surface area contributed by atoms with Crippen LogP contribution in [-0.2, 0) is 0 Å². The highest BCUT2D eigenvalue weighted by Crippen LogP contribution is 2.22. The molecule has 2 atom stereocenters. The van der Waals surface area contributed by atoms with Gasteiger partial charge in [0.15, 0.2) is 11.5 Å². The molecule has 3 rings (SSSR count). The third-order valence-electron chi connectivity index (χ3n) is 3.92. The van der Waals surface area contributed by atoms with Crippen LogP contribution < -0.4 is 22.1 Å². The van der Waals surface area contributed by atoms with E-state index < -0.39 is 18.2 Å². The third kappa shape index (κ3) is 4.25. The monoisotopic (exact) mass is 368 g/mol. The van der Waals surface area contributed by atoms with E-state index in [9.17, 15) is 9.90 Å². The molecular weight excluding hydrogens is 348 g/mol. The average Bonchev–Trinajstić information content (AvgIpc) is 2.65. The first kappa shape index (κ1) is 18.4. The van der Waals surface area contributed by atoms with Gasteiger partial charge in [-0.3, -0.25) is 14.8 Å². The Morgan fingerprint density at radius 1 is 1.22 bits per heavy atom. The van der Waals surface area contributed by atoms with E-state index in [1.807, 2.05) is 6.92 Å². The van der Waals surface area contributed by atoms with Crippen molar-refractivity contribution in [3.05, 3.63) is 42.5 Å². The number of primary amides is 1. The molecule has 2 heterocycles. The summed E-state index contributed by atoms with van der Waals surface area (Å²) < 4.78 is 0. The van der Waals surface area contributed by atoms with Gasteiger partial charge in [0.25, 0.3) is 5.91 Å². The fourth-order valence-electron chi connectivity index (χ4n) is 2.52. The third-order valence-corrected chi connectivity index (χ3v) is 3.92. The molecule has 10 nitrogen and oxygen atoms in total. The number of hydrogen-bond acceptors (Lipinski definition) is 9. The van der Waals surface area contributed by atoms with Crippen LogP contribution in [0.4, 0.5) is 17.3 Å². The van der Waals surface area contributed by atoms with Crippen LogP contribution in [0.25, 0.3) is 11.0 Å². The normalized spacial score (nSPS) is 13.1.